The van der Waals surface area contributed by atoms with E-state index in [0.717, 1.165) is 25.0 Å². The summed E-state index contributed by atoms with van der Waals surface area (Å²) in [6.07, 6.45) is 4.07. The maximum Gasteiger partial charge on any atom is 0.309 e. The fourth-order valence-corrected chi connectivity index (χ4v) is 4.75. The Morgan fingerprint density at radius 2 is 2.07 bits per heavy atom. The van der Waals surface area contributed by atoms with Crippen molar-refractivity contribution in [2.24, 2.45) is 16.7 Å². The lowest BCUT2D eigenvalue weighted by molar-refractivity contribution is -0.171. The van der Waals surface area contributed by atoms with E-state index in [1.165, 1.54) is 12.2 Å². The van der Waals surface area contributed by atoms with E-state index in [2.05, 4.69) is 13.8 Å². The fourth-order valence-electron chi connectivity index (χ4n) is 3.45. The van der Waals surface area contributed by atoms with E-state index < -0.39 is 5.97 Å². The molecular formula is C12H20O2S. The van der Waals surface area contributed by atoms with Crippen LogP contribution in [0.2, 0.25) is 0 Å². The predicted molar refractivity (Wildman–Crippen MR) is 63.1 cm³/mol. The van der Waals surface area contributed by atoms with E-state index in [9.17, 15) is 9.90 Å². The first-order chi connectivity index (χ1) is 6.96. The topological polar surface area (TPSA) is 37.3 Å². The average Bonchev–Trinajstić information content (AvgIpc) is 2.14. The molecule has 1 aliphatic carbocycles. The summed E-state index contributed by atoms with van der Waals surface area (Å²) >= 11 is 1.93. The monoisotopic (exact) mass is 228 g/mol. The molecular weight excluding hydrogens is 208 g/mol. The summed E-state index contributed by atoms with van der Waals surface area (Å²) in [6, 6.07) is 0. The lowest BCUT2D eigenvalue weighted by Gasteiger charge is -2.55. The van der Waals surface area contributed by atoms with Gasteiger partial charge >= 0.3 is 5.97 Å². The zero-order valence-electron chi connectivity index (χ0n) is 9.58. The highest BCUT2D eigenvalue weighted by Gasteiger charge is 2.58. The number of carboxylic acid groups (broad SMARTS) is 1. The Kier molecular flexibility index (Phi) is 2.78. The Balaban J connectivity index is 2.10. The third-order valence-electron chi connectivity index (χ3n) is 3.96. The molecule has 2 fully saturated rings. The molecule has 1 aliphatic heterocycles. The SMILES string of the molecule is CC1(C)CC(C(=O)O)(C2CCCSC2)C1. The summed E-state index contributed by atoms with van der Waals surface area (Å²) in [5.74, 6) is 2.15. The van der Waals surface area contributed by atoms with Crippen LogP contribution in [0.15, 0.2) is 0 Å². The number of rotatable bonds is 2. The van der Waals surface area contributed by atoms with Crippen LogP contribution in [0.25, 0.3) is 0 Å². The molecule has 1 saturated heterocycles. The lowest BCUT2D eigenvalue weighted by atomic mass is 9.49. The normalized spacial score (nSPS) is 33.1. The van der Waals surface area contributed by atoms with Gasteiger partial charge in [-0.3, -0.25) is 4.79 Å². The number of thioether (sulfide) groups is 1. The highest BCUT2D eigenvalue weighted by molar-refractivity contribution is 7.99. The maximum absolute atomic E-state index is 11.5. The molecule has 15 heavy (non-hydrogen) atoms. The van der Waals surface area contributed by atoms with Gasteiger partial charge in [0.15, 0.2) is 0 Å². The minimum Gasteiger partial charge on any atom is -0.481 e. The zero-order chi connectivity index (χ0) is 11.1. The summed E-state index contributed by atoms with van der Waals surface area (Å²) in [6.45, 7) is 4.37. The van der Waals surface area contributed by atoms with E-state index in [1.807, 2.05) is 11.8 Å². The van der Waals surface area contributed by atoms with Crippen LogP contribution in [0.3, 0.4) is 0 Å². The molecule has 1 atom stereocenters. The highest BCUT2D eigenvalue weighted by Crippen LogP contribution is 2.60. The van der Waals surface area contributed by atoms with Crippen LogP contribution in [-0.4, -0.2) is 22.6 Å². The van der Waals surface area contributed by atoms with Crippen molar-refractivity contribution in [3.05, 3.63) is 0 Å². The Labute approximate surface area is 95.8 Å². The van der Waals surface area contributed by atoms with Crippen molar-refractivity contribution < 1.29 is 9.90 Å². The molecule has 1 saturated carbocycles. The molecule has 2 rings (SSSR count). The molecule has 0 amide bonds. The minimum absolute atomic E-state index is 0.250. The van der Waals surface area contributed by atoms with Gasteiger partial charge in [0.1, 0.15) is 0 Å². The van der Waals surface area contributed by atoms with Crippen LogP contribution in [0.5, 0.6) is 0 Å². The highest BCUT2D eigenvalue weighted by atomic mass is 32.2. The Bertz CT molecular complexity index is 259. The molecule has 1 unspecified atom stereocenters. The first-order valence-electron chi connectivity index (χ1n) is 5.77. The van der Waals surface area contributed by atoms with Gasteiger partial charge in [0.2, 0.25) is 0 Å². The molecule has 1 N–H and O–H groups in total. The van der Waals surface area contributed by atoms with Crippen molar-refractivity contribution >= 4 is 17.7 Å². The third kappa shape index (κ3) is 1.91. The summed E-state index contributed by atoms with van der Waals surface area (Å²) < 4.78 is 0. The van der Waals surface area contributed by atoms with Crippen LogP contribution in [0.1, 0.15) is 39.5 Å². The van der Waals surface area contributed by atoms with Gasteiger partial charge < -0.3 is 5.11 Å². The molecule has 2 nitrogen and oxygen atoms in total. The zero-order valence-corrected chi connectivity index (χ0v) is 10.4. The molecule has 0 aromatic rings. The van der Waals surface area contributed by atoms with Gasteiger partial charge in [-0.2, -0.15) is 11.8 Å². The molecule has 1 heterocycles. The number of carbonyl (C=O) groups is 1. The van der Waals surface area contributed by atoms with Gasteiger partial charge in [0.05, 0.1) is 5.41 Å². The number of hydrogen-bond acceptors (Lipinski definition) is 2. The summed E-state index contributed by atoms with van der Waals surface area (Å²) in [5, 5.41) is 9.46. The third-order valence-corrected chi connectivity index (χ3v) is 5.17. The Morgan fingerprint density at radius 1 is 1.40 bits per heavy atom. The van der Waals surface area contributed by atoms with Crippen LogP contribution >= 0.6 is 11.8 Å². The van der Waals surface area contributed by atoms with Gasteiger partial charge in [-0.25, -0.2) is 0 Å². The molecule has 3 heteroatoms. The Hall–Kier alpha value is -0.180. The lowest BCUT2D eigenvalue weighted by Crippen LogP contribution is -2.54. The fraction of sp³-hybridized carbons (Fsp3) is 0.917. The Morgan fingerprint density at radius 3 is 2.47 bits per heavy atom. The van der Waals surface area contributed by atoms with Gasteiger partial charge in [0, 0.05) is 0 Å². The standard InChI is InChI=1S/C12H20O2S/c1-11(2)7-12(8-11,10(13)14)9-4-3-5-15-6-9/h9H,3-8H2,1-2H3,(H,13,14). The summed E-state index contributed by atoms with van der Waals surface area (Å²) in [4.78, 5) is 11.5. The van der Waals surface area contributed by atoms with Crippen LogP contribution in [0.4, 0.5) is 0 Å². The van der Waals surface area contributed by atoms with Gasteiger partial charge in [-0.1, -0.05) is 13.8 Å². The molecule has 0 aromatic carbocycles. The van der Waals surface area contributed by atoms with Crippen LogP contribution in [-0.2, 0) is 4.79 Å². The number of hydrogen-bond donors (Lipinski definition) is 1. The van der Waals surface area contributed by atoms with E-state index in [1.54, 1.807) is 0 Å². The predicted octanol–water partition coefficient (Wildman–Crippen LogP) is 3.02. The van der Waals surface area contributed by atoms with E-state index in [4.69, 9.17) is 0 Å². The largest absolute Gasteiger partial charge is 0.481 e. The summed E-state index contributed by atoms with van der Waals surface area (Å²) in [7, 11) is 0. The molecule has 86 valence electrons. The van der Waals surface area contributed by atoms with E-state index >= 15 is 0 Å². The number of aliphatic carboxylic acids is 1. The molecule has 2 aliphatic rings. The number of carboxylic acids is 1. The average molecular weight is 228 g/mol. The summed E-state index contributed by atoms with van der Waals surface area (Å²) in [5.41, 5.74) is -0.128. The molecule has 0 radical (unpaired) electrons. The minimum atomic E-state index is -0.547. The van der Waals surface area contributed by atoms with Crippen molar-refractivity contribution in [1.82, 2.24) is 0 Å². The van der Waals surface area contributed by atoms with Crippen LogP contribution in [0, 0.1) is 16.7 Å². The second kappa shape index (κ2) is 3.69. The maximum atomic E-state index is 11.5. The van der Waals surface area contributed by atoms with Gasteiger partial charge in [-0.15, -0.1) is 0 Å². The van der Waals surface area contributed by atoms with Gasteiger partial charge in [0.25, 0.3) is 0 Å². The van der Waals surface area contributed by atoms with Crippen molar-refractivity contribution in [2.75, 3.05) is 11.5 Å². The van der Waals surface area contributed by atoms with Crippen molar-refractivity contribution in [3.8, 4) is 0 Å². The quantitative estimate of drug-likeness (QED) is 0.789. The second-order valence-corrected chi connectivity index (χ2v) is 7.04. The first kappa shape index (κ1) is 11.3. The molecule has 0 aromatic heterocycles. The van der Waals surface area contributed by atoms with Gasteiger partial charge in [-0.05, 0) is 48.5 Å². The second-order valence-electron chi connectivity index (χ2n) is 5.89. The van der Waals surface area contributed by atoms with Crippen molar-refractivity contribution in [3.63, 3.8) is 0 Å². The first-order valence-corrected chi connectivity index (χ1v) is 6.93. The molecule has 0 spiro atoms. The smallest absolute Gasteiger partial charge is 0.309 e. The molecule has 0 bridgehead atoms. The van der Waals surface area contributed by atoms with E-state index in [-0.39, 0.29) is 10.8 Å². The van der Waals surface area contributed by atoms with Crippen molar-refractivity contribution in [2.45, 2.75) is 39.5 Å². The van der Waals surface area contributed by atoms with E-state index in [0.29, 0.717) is 5.92 Å². The van der Waals surface area contributed by atoms with Crippen LogP contribution < -0.4 is 0 Å². The van der Waals surface area contributed by atoms with Crippen molar-refractivity contribution in [1.29, 1.82) is 0 Å².